The molecule has 0 aromatic heterocycles. The van der Waals surface area contributed by atoms with Gasteiger partial charge in [-0.15, -0.1) is 11.1 Å². The summed E-state index contributed by atoms with van der Waals surface area (Å²) in [5, 5.41) is 20.5. The molecule has 336 valence electrons. The van der Waals surface area contributed by atoms with Gasteiger partial charge in [-0.3, -0.25) is 11.8 Å². The Morgan fingerprint density at radius 3 is 0.855 bits per heavy atom. The van der Waals surface area contributed by atoms with Crippen LogP contribution < -0.4 is 21.2 Å². The van der Waals surface area contributed by atoms with E-state index in [-0.39, 0.29) is 44.8 Å². The molecule has 12 aromatic rings. The molecule has 0 saturated carbocycles. The Balaban J connectivity index is 0.000000157. The summed E-state index contributed by atoms with van der Waals surface area (Å²) in [5.74, 6) is 6.33. The number of hydrogen-bond acceptors (Lipinski definition) is 0. The van der Waals surface area contributed by atoms with Gasteiger partial charge >= 0.3 is 44.8 Å². The molecule has 0 aliphatic heterocycles. The molecule has 4 heteroatoms. The van der Waals surface area contributed by atoms with Crippen LogP contribution in [-0.4, -0.2) is 5.90 Å². The topological polar surface area (TPSA) is 0 Å². The largest absolute Gasteiger partial charge is 1.00 e. The summed E-state index contributed by atoms with van der Waals surface area (Å²) < 4.78 is 0. The molecule has 0 aliphatic rings. The molecule has 0 saturated heterocycles. The second kappa shape index (κ2) is 23.3. The molecule has 0 aliphatic carbocycles. The maximum Gasteiger partial charge on any atom is 1.00 e. The SMILES string of the molecule is [Ag+].[Ag+].[C-]#Cc1c2ccccc2cc2ccccc12.[C-]#Cc1c2ccccc2cc2ccccc12.c1ccc([PH+](C[PH+](c2ccccc2)c2cccc3ccccc23)c2cccc3ccccc23)cc1. The van der Waals surface area contributed by atoms with Crippen molar-refractivity contribution in [2.75, 3.05) is 5.90 Å². The van der Waals surface area contributed by atoms with Gasteiger partial charge in [0.15, 0.2) is 5.90 Å². The predicted octanol–water partition coefficient (Wildman–Crippen LogP) is 14.8. The van der Waals surface area contributed by atoms with Crippen molar-refractivity contribution in [3.63, 3.8) is 0 Å². The fraction of sp³-hybridized carbons (Fsp3) is 0.0154. The Kier molecular flexibility index (Phi) is 16.6. The van der Waals surface area contributed by atoms with Crippen molar-refractivity contribution < 1.29 is 44.8 Å². The average Bonchev–Trinajstić information content (AvgIpc) is 3.40. The maximum atomic E-state index is 7.46. The second-order valence-electron chi connectivity index (χ2n) is 16.6. The third-order valence-electron chi connectivity index (χ3n) is 12.6. The van der Waals surface area contributed by atoms with Crippen LogP contribution in [0.3, 0.4) is 0 Å². The first-order valence-electron chi connectivity index (χ1n) is 22.6. The third kappa shape index (κ3) is 10.6. The van der Waals surface area contributed by atoms with Crippen molar-refractivity contribution in [1.29, 1.82) is 0 Å². The molecule has 69 heavy (non-hydrogen) atoms. The Morgan fingerprint density at radius 2 is 0.536 bits per heavy atom. The summed E-state index contributed by atoms with van der Waals surface area (Å²) in [6.07, 6.45) is 14.9. The molecule has 2 unspecified atom stereocenters. The van der Waals surface area contributed by atoms with E-state index < -0.39 is 15.8 Å². The van der Waals surface area contributed by atoms with Crippen LogP contribution in [0, 0.1) is 24.7 Å². The second-order valence-corrected chi connectivity index (χ2v) is 22.1. The van der Waals surface area contributed by atoms with Gasteiger partial charge in [0.25, 0.3) is 0 Å². The van der Waals surface area contributed by atoms with Crippen LogP contribution in [0.25, 0.3) is 64.6 Å². The summed E-state index contributed by atoms with van der Waals surface area (Å²) in [7, 11) is -2.08. The fourth-order valence-corrected chi connectivity index (χ4v) is 17.5. The van der Waals surface area contributed by atoms with Gasteiger partial charge < -0.3 is 12.8 Å². The minimum atomic E-state index is -1.04. The van der Waals surface area contributed by atoms with Gasteiger partial charge in [-0.25, -0.2) is 0 Å². The molecule has 0 bridgehead atoms. The normalized spacial score (nSPS) is 11.4. The molecule has 12 aromatic carbocycles. The van der Waals surface area contributed by atoms with Crippen LogP contribution in [0.4, 0.5) is 0 Å². The quantitative estimate of drug-likeness (QED) is 0.0512. The maximum absolute atomic E-state index is 7.46. The Hall–Kier alpha value is -6.34. The van der Waals surface area contributed by atoms with Gasteiger partial charge in [-0.2, -0.15) is 0 Å². The van der Waals surface area contributed by atoms with E-state index in [2.05, 4.69) is 194 Å². The average molecular weight is 1100 g/mol. The first-order chi connectivity index (χ1) is 33.2. The summed E-state index contributed by atoms with van der Waals surface area (Å²) >= 11 is 0. The monoisotopic (exact) mass is 1100 g/mol. The molecule has 2 atom stereocenters. The van der Waals surface area contributed by atoms with Gasteiger partial charge in [0.05, 0.1) is 0 Å². The minimum absolute atomic E-state index is 0. The van der Waals surface area contributed by atoms with Crippen LogP contribution in [0.1, 0.15) is 11.1 Å². The fourth-order valence-electron chi connectivity index (χ4n) is 9.43. The Bertz CT molecular complexity index is 3410. The zero-order valence-electron chi connectivity index (χ0n) is 37.6. The number of fused-ring (bicyclic) bond motifs is 6. The van der Waals surface area contributed by atoms with Crippen molar-refractivity contribution in [3.8, 4) is 11.8 Å². The van der Waals surface area contributed by atoms with Gasteiger partial charge in [0.2, 0.25) is 0 Å². The Labute approximate surface area is 439 Å². The number of rotatable bonds is 6. The summed E-state index contributed by atoms with van der Waals surface area (Å²) in [5.41, 5.74) is 1.77. The smallest absolute Gasteiger partial charge is 0.366 e. The molecule has 0 spiro atoms. The van der Waals surface area contributed by atoms with E-state index >= 15 is 0 Å². The van der Waals surface area contributed by atoms with Gasteiger partial charge in [0, 0.05) is 10.8 Å². The summed E-state index contributed by atoms with van der Waals surface area (Å²) in [6, 6.07) is 90.9. The molecular formula is C65H46Ag2P2+2. The number of hydrogen-bond donors (Lipinski definition) is 0. The third-order valence-corrected chi connectivity index (χ3v) is 19.7. The van der Waals surface area contributed by atoms with Crippen LogP contribution in [0.5, 0.6) is 0 Å². The number of benzene rings is 12. The Morgan fingerprint density at radius 1 is 0.275 bits per heavy atom. The van der Waals surface area contributed by atoms with Crippen LogP contribution in [0.15, 0.2) is 255 Å². The molecule has 0 amide bonds. The first kappa shape index (κ1) is 49.1. The van der Waals surface area contributed by atoms with Crippen LogP contribution >= 0.6 is 15.8 Å². The zero-order chi connectivity index (χ0) is 45.4. The molecule has 0 fully saturated rings. The molecule has 0 heterocycles. The molecule has 0 N–H and O–H groups in total. The van der Waals surface area contributed by atoms with E-state index in [0.717, 1.165) is 54.2 Å². The van der Waals surface area contributed by atoms with Crippen molar-refractivity contribution in [2.24, 2.45) is 0 Å². The van der Waals surface area contributed by atoms with E-state index in [4.69, 9.17) is 12.8 Å². The van der Waals surface area contributed by atoms with Crippen LogP contribution in [-0.2, 0) is 44.8 Å². The van der Waals surface area contributed by atoms with E-state index in [9.17, 15) is 0 Å². The molecule has 12 rings (SSSR count). The van der Waals surface area contributed by atoms with Crippen LogP contribution in [0.2, 0.25) is 0 Å². The predicted molar refractivity (Wildman–Crippen MR) is 296 cm³/mol. The summed E-state index contributed by atoms with van der Waals surface area (Å²) in [6.45, 7) is 0. The van der Waals surface area contributed by atoms with Crippen molar-refractivity contribution in [1.82, 2.24) is 0 Å². The van der Waals surface area contributed by atoms with Crippen molar-refractivity contribution in [2.45, 2.75) is 0 Å². The van der Waals surface area contributed by atoms with E-state index in [1.54, 1.807) is 0 Å². The zero-order valence-corrected chi connectivity index (χ0v) is 42.5. The molecular weight excluding hydrogens is 1060 g/mol. The molecule has 0 radical (unpaired) electrons. The van der Waals surface area contributed by atoms with E-state index in [0.29, 0.717) is 0 Å². The van der Waals surface area contributed by atoms with Gasteiger partial charge in [0.1, 0.15) is 37.1 Å². The standard InChI is InChI=1S/C33H26P2.2C16H9.2Ag/c1-3-17-28(18-4-1)34(32-23-11-15-26-13-7-9-21-30(26)32)25-35(29-19-5-2-6-20-29)33-24-12-16-27-14-8-10-22-31(27)33;2*1-2-14-15-9-5-3-7-12(15)11-13-8-4-6-10-16(13)14;;/h1-24H,25H2;2*3-11H;;/q;2*-1;2*+1/p+2. The van der Waals surface area contributed by atoms with E-state index in [1.807, 2.05) is 72.8 Å². The minimum Gasteiger partial charge on any atom is -0.366 e. The molecule has 0 nitrogen and oxygen atoms in total. The summed E-state index contributed by atoms with van der Waals surface area (Å²) in [4.78, 5) is 0. The van der Waals surface area contributed by atoms with Gasteiger partial charge in [-0.1, -0.05) is 228 Å². The van der Waals surface area contributed by atoms with Crippen molar-refractivity contribution >= 4 is 102 Å². The van der Waals surface area contributed by atoms with Crippen molar-refractivity contribution in [3.05, 3.63) is 279 Å². The van der Waals surface area contributed by atoms with E-state index in [1.165, 1.54) is 48.7 Å². The van der Waals surface area contributed by atoms with Gasteiger partial charge in [-0.05, 0) is 80.8 Å². The first-order valence-corrected chi connectivity index (χ1v) is 26.0.